The summed E-state index contributed by atoms with van der Waals surface area (Å²) in [4.78, 5) is 30.8. The highest BCUT2D eigenvalue weighted by molar-refractivity contribution is 7.93. The Morgan fingerprint density at radius 1 is 1.07 bits per heavy atom. The van der Waals surface area contributed by atoms with Crippen LogP contribution in [0.3, 0.4) is 0 Å². The van der Waals surface area contributed by atoms with E-state index in [0.717, 1.165) is 23.9 Å². The van der Waals surface area contributed by atoms with E-state index in [2.05, 4.69) is 15.3 Å². The van der Waals surface area contributed by atoms with Crippen molar-refractivity contribution in [2.24, 2.45) is 4.99 Å². The average Bonchev–Trinajstić information content (AvgIpc) is 3.63. The number of aliphatic imine (C=N–C) groups is 1. The highest BCUT2D eigenvalue weighted by Gasteiger charge is 2.44. The van der Waals surface area contributed by atoms with Gasteiger partial charge in [-0.05, 0) is 59.7 Å². The van der Waals surface area contributed by atoms with Crippen LogP contribution in [-0.2, 0) is 22.8 Å². The molecule has 2 aliphatic heterocycles. The molecule has 0 spiro atoms. The Balaban J connectivity index is 1.35. The summed E-state index contributed by atoms with van der Waals surface area (Å²) in [7, 11) is -4.39. The Labute approximate surface area is 238 Å². The lowest BCUT2D eigenvalue weighted by Crippen LogP contribution is -2.36. The number of benzene rings is 3. The topological polar surface area (TPSA) is 127 Å². The van der Waals surface area contributed by atoms with Gasteiger partial charge in [-0.1, -0.05) is 29.8 Å². The molecule has 12 heteroatoms. The minimum absolute atomic E-state index is 0.0618. The van der Waals surface area contributed by atoms with Crippen molar-refractivity contribution in [3.8, 4) is 11.5 Å². The van der Waals surface area contributed by atoms with Crippen LogP contribution < -0.4 is 20.2 Å². The van der Waals surface area contributed by atoms with E-state index < -0.39 is 36.8 Å². The van der Waals surface area contributed by atoms with E-state index in [1.165, 1.54) is 18.4 Å². The van der Waals surface area contributed by atoms with E-state index in [4.69, 9.17) is 21.1 Å². The molecule has 0 fully saturated rings. The Hall–Kier alpha value is -4.48. The zero-order valence-corrected chi connectivity index (χ0v) is 22.8. The largest absolute Gasteiger partial charge is 0.454 e. The second-order valence-corrected chi connectivity index (χ2v) is 12.1. The van der Waals surface area contributed by atoms with E-state index in [9.17, 15) is 18.0 Å². The number of rotatable bonds is 7. The monoisotopic (exact) mass is 593 g/mol. The summed E-state index contributed by atoms with van der Waals surface area (Å²) in [6.07, 6.45) is 5.29. The summed E-state index contributed by atoms with van der Waals surface area (Å²) in [5, 5.41) is 2.89. The van der Waals surface area contributed by atoms with Crippen molar-refractivity contribution in [2.45, 2.75) is 22.7 Å². The Kier molecular flexibility index (Phi) is 6.63. The van der Waals surface area contributed by atoms with Crippen molar-refractivity contribution in [1.82, 2.24) is 10.3 Å². The minimum Gasteiger partial charge on any atom is -0.454 e. The van der Waals surface area contributed by atoms with Gasteiger partial charge < -0.3 is 19.8 Å². The fourth-order valence-corrected chi connectivity index (χ4v) is 6.66. The second kappa shape index (κ2) is 10.2. The molecule has 1 unspecified atom stereocenters. The molecule has 0 saturated carbocycles. The van der Waals surface area contributed by atoms with Crippen molar-refractivity contribution >= 4 is 44.5 Å². The van der Waals surface area contributed by atoms with E-state index in [1.54, 1.807) is 42.5 Å². The molecule has 3 heterocycles. The summed E-state index contributed by atoms with van der Waals surface area (Å²) in [5.41, 5.74) is 0.00366. The van der Waals surface area contributed by atoms with Gasteiger partial charge in [-0.25, -0.2) is 12.8 Å². The number of ether oxygens (including phenoxy) is 2. The number of carbonyl (C=O) groups is 1. The summed E-state index contributed by atoms with van der Waals surface area (Å²) in [5.74, 6) is -0.652. The van der Waals surface area contributed by atoms with Gasteiger partial charge in [0, 0.05) is 30.4 Å². The number of pyridine rings is 1. The Bertz CT molecular complexity index is 1920. The second-order valence-electron chi connectivity index (χ2n) is 9.52. The number of nitrogens with one attached hydrogen (secondary N) is 2. The van der Waals surface area contributed by atoms with Gasteiger partial charge in [0.2, 0.25) is 22.1 Å². The number of hydrogen-bond acceptors (Lipinski definition) is 7. The third-order valence-corrected chi connectivity index (χ3v) is 9.36. The molecular formula is C29H21ClFN3O6S. The normalized spacial score (nSPS) is 17.3. The fourth-order valence-electron chi connectivity index (χ4n) is 4.78. The molecule has 9 nitrogen and oxygen atoms in total. The number of allylic oxidation sites excluding steroid dienone is 1. The van der Waals surface area contributed by atoms with Gasteiger partial charge in [-0.3, -0.25) is 14.6 Å². The Morgan fingerprint density at radius 3 is 2.59 bits per heavy atom. The maximum absolute atomic E-state index is 15.2. The van der Waals surface area contributed by atoms with E-state index in [-0.39, 0.29) is 36.2 Å². The van der Waals surface area contributed by atoms with Gasteiger partial charge in [-0.2, -0.15) is 0 Å². The van der Waals surface area contributed by atoms with Crippen LogP contribution in [0.2, 0.25) is 5.02 Å². The molecule has 1 aromatic heterocycles. The number of carbonyl (C=O) groups excluding carboxylic acids is 1. The summed E-state index contributed by atoms with van der Waals surface area (Å²) >= 11 is 5.89. The van der Waals surface area contributed by atoms with E-state index in [1.807, 2.05) is 0 Å². The van der Waals surface area contributed by atoms with Crippen molar-refractivity contribution in [2.75, 3.05) is 6.79 Å². The molecule has 3 aromatic carbocycles. The standard InChI is InChI=1S/C29H21ClFN3O6S/c30-19-5-2-17(3-6-19)14-33-28(36)22-15-32-26-21(27(22)35)11-20(12-23(26)31)41(37,38)29(8-1-9-34-29)13-18-4-7-24-25(10-18)40-16-39-24/h1-12,15H,13-14,16H2,(H,32,35)(H,33,36). The van der Waals surface area contributed by atoms with Crippen molar-refractivity contribution in [3.63, 3.8) is 0 Å². The van der Waals surface area contributed by atoms with E-state index >= 15 is 4.39 Å². The van der Waals surface area contributed by atoms with E-state index in [0.29, 0.717) is 22.1 Å². The van der Waals surface area contributed by atoms with Gasteiger partial charge >= 0.3 is 0 Å². The minimum atomic E-state index is -4.39. The zero-order chi connectivity index (χ0) is 28.8. The lowest BCUT2D eigenvalue weighted by Gasteiger charge is -2.25. The number of sulfone groups is 1. The number of hydrogen-bond donors (Lipinski definition) is 2. The fraction of sp³-hybridized carbons (Fsp3) is 0.138. The molecule has 1 atom stereocenters. The van der Waals surface area contributed by atoms with Gasteiger partial charge in [-0.15, -0.1) is 0 Å². The van der Waals surface area contributed by atoms with Crippen molar-refractivity contribution in [3.05, 3.63) is 111 Å². The molecule has 6 rings (SSSR count). The average molecular weight is 594 g/mol. The highest BCUT2D eigenvalue weighted by Crippen LogP contribution is 2.38. The van der Waals surface area contributed by atoms with Crippen LogP contribution in [-0.4, -0.2) is 37.2 Å². The molecule has 4 aromatic rings. The molecule has 0 aliphatic carbocycles. The summed E-state index contributed by atoms with van der Waals surface area (Å²) in [6.45, 7) is 0.176. The quantitative estimate of drug-likeness (QED) is 0.328. The lowest BCUT2D eigenvalue weighted by atomic mass is 10.1. The number of fused-ring (bicyclic) bond motifs is 2. The number of halogens is 2. The molecule has 0 saturated heterocycles. The maximum atomic E-state index is 15.2. The predicted octanol–water partition coefficient (Wildman–Crippen LogP) is 4.33. The first-order valence-corrected chi connectivity index (χ1v) is 14.3. The van der Waals surface area contributed by atoms with Crippen LogP contribution in [0.1, 0.15) is 21.5 Å². The van der Waals surface area contributed by atoms with Gasteiger partial charge in [0.15, 0.2) is 16.4 Å². The molecule has 2 N–H and O–H groups in total. The maximum Gasteiger partial charge on any atom is 0.257 e. The number of nitrogens with zero attached hydrogens (tertiary/aromatic N) is 1. The number of aromatic amines is 1. The summed E-state index contributed by atoms with van der Waals surface area (Å²) < 4.78 is 54.0. The third-order valence-electron chi connectivity index (χ3n) is 6.93. The SMILES string of the molecule is O=C(NCc1ccc(Cl)cc1)c1c[nH]c2c(F)cc(S(=O)(=O)C3(Cc4ccc5c(c4)OCO5)C=CC=N3)cc2c1=O. The molecule has 0 radical (unpaired) electrons. The lowest BCUT2D eigenvalue weighted by molar-refractivity contribution is 0.0949. The number of H-pyrrole nitrogens is 1. The van der Waals surface area contributed by atoms with Gasteiger partial charge in [0.1, 0.15) is 11.4 Å². The predicted molar refractivity (Wildman–Crippen MR) is 151 cm³/mol. The molecule has 208 valence electrons. The third kappa shape index (κ3) is 4.76. The molecule has 1 amide bonds. The smallest absolute Gasteiger partial charge is 0.257 e. The summed E-state index contributed by atoms with van der Waals surface area (Å²) in [6, 6.07) is 13.7. The first-order chi connectivity index (χ1) is 19.7. The van der Waals surface area contributed by atoms with Crippen molar-refractivity contribution < 1.29 is 27.1 Å². The van der Waals surface area contributed by atoms with Crippen LogP contribution in [0.4, 0.5) is 4.39 Å². The molecule has 0 bridgehead atoms. The molecule has 2 aliphatic rings. The zero-order valence-electron chi connectivity index (χ0n) is 21.2. The van der Waals surface area contributed by atoms with Crippen LogP contribution in [0.25, 0.3) is 10.9 Å². The highest BCUT2D eigenvalue weighted by atomic mass is 35.5. The Morgan fingerprint density at radius 2 is 1.83 bits per heavy atom. The van der Waals surface area contributed by atoms with Crippen molar-refractivity contribution in [1.29, 1.82) is 0 Å². The van der Waals surface area contributed by atoms with Crippen LogP contribution >= 0.6 is 11.6 Å². The first-order valence-electron chi connectivity index (χ1n) is 12.4. The van der Waals surface area contributed by atoms with Gasteiger partial charge in [0.05, 0.1) is 15.8 Å². The number of amides is 1. The van der Waals surface area contributed by atoms with Crippen LogP contribution in [0.5, 0.6) is 11.5 Å². The number of aromatic nitrogens is 1. The van der Waals surface area contributed by atoms with Crippen LogP contribution in [0, 0.1) is 5.82 Å². The first kappa shape index (κ1) is 26.7. The van der Waals surface area contributed by atoms with Gasteiger partial charge in [0.25, 0.3) is 5.91 Å². The molecular weight excluding hydrogens is 573 g/mol. The van der Waals surface area contributed by atoms with Crippen LogP contribution in [0.15, 0.2) is 87.6 Å². The molecule has 41 heavy (non-hydrogen) atoms.